The lowest BCUT2D eigenvalue weighted by Gasteiger charge is -2.35. The summed E-state index contributed by atoms with van der Waals surface area (Å²) in [5.41, 5.74) is 1.02. The number of hydrogen-bond donors (Lipinski definition) is 3. The van der Waals surface area contributed by atoms with E-state index in [0.29, 0.717) is 24.5 Å². The van der Waals surface area contributed by atoms with Crippen LogP contribution in [0.25, 0.3) is 10.8 Å². The largest absolute Gasteiger partial charge is 0.490 e. The number of likely N-dealkylation sites (N-methyl/N-ethyl adjacent to an activating group) is 1. The Bertz CT molecular complexity index is 1930. The Morgan fingerprint density at radius 3 is 2.63 bits per heavy atom. The average Bonchev–Trinajstić information content (AvgIpc) is 3.56. The fraction of sp³-hybridized carbons (Fsp3) is 0.432. The summed E-state index contributed by atoms with van der Waals surface area (Å²) in [6.07, 6.45) is 4.33. The number of amides is 3. The number of carbonyl (C=O) groups is 2. The first-order valence-electron chi connectivity index (χ1n) is 17.2. The maximum Gasteiger partial charge on any atom is 0.321 e. The second-order valence-corrected chi connectivity index (χ2v) is 15.0. The van der Waals surface area contributed by atoms with Gasteiger partial charge in [0.1, 0.15) is 5.75 Å². The van der Waals surface area contributed by atoms with Crippen molar-refractivity contribution < 1.29 is 32.6 Å². The van der Waals surface area contributed by atoms with Gasteiger partial charge in [0.2, 0.25) is 0 Å². The summed E-state index contributed by atoms with van der Waals surface area (Å²) in [5, 5.41) is 15.1. The summed E-state index contributed by atoms with van der Waals surface area (Å²) in [6, 6.07) is 17.3. The number of benzene rings is 3. The Labute approximate surface area is 299 Å². The number of sulfonamides is 1. The van der Waals surface area contributed by atoms with Gasteiger partial charge in [-0.05, 0) is 62.8 Å². The minimum atomic E-state index is -4.04. The van der Waals surface area contributed by atoms with Crippen molar-refractivity contribution in [2.45, 2.75) is 63.3 Å². The molecule has 2 heterocycles. The molecule has 0 fully saturated rings. The van der Waals surface area contributed by atoms with Gasteiger partial charge in [-0.25, -0.2) is 9.78 Å². The summed E-state index contributed by atoms with van der Waals surface area (Å²) < 4.78 is 42.9. The second kappa shape index (κ2) is 16.6. The number of nitrogens with zero attached hydrogens (tertiary/aromatic N) is 4. The predicted octanol–water partition coefficient (Wildman–Crippen LogP) is 5.33. The summed E-state index contributed by atoms with van der Waals surface area (Å²) in [5.74, 6) is -0.402. The number of hydrogen-bond acceptors (Lipinski definition) is 8. The van der Waals surface area contributed by atoms with Crippen LogP contribution in [0.3, 0.4) is 0 Å². The average molecular weight is 721 g/mol. The first-order chi connectivity index (χ1) is 24.4. The molecule has 0 radical (unpaired) electrons. The fourth-order valence-corrected chi connectivity index (χ4v) is 7.11. The van der Waals surface area contributed by atoms with Gasteiger partial charge in [0, 0.05) is 57.0 Å². The van der Waals surface area contributed by atoms with Crippen LogP contribution in [0.2, 0.25) is 0 Å². The van der Waals surface area contributed by atoms with E-state index >= 15 is 0 Å². The molecule has 14 heteroatoms. The number of nitrogens with one attached hydrogen (secondary N) is 2. The Hall–Kier alpha value is -4.66. The molecule has 0 saturated carbocycles. The number of aliphatic hydroxyl groups is 1. The Morgan fingerprint density at radius 2 is 1.88 bits per heavy atom. The number of aryl methyl sites for hydroxylation is 1. The Kier molecular flexibility index (Phi) is 12.2. The van der Waals surface area contributed by atoms with Crippen molar-refractivity contribution in [3.05, 3.63) is 78.8 Å². The number of fused-ring (bicyclic) bond motifs is 2. The van der Waals surface area contributed by atoms with Crippen LogP contribution in [0.5, 0.6) is 5.75 Å². The number of anilines is 2. The van der Waals surface area contributed by atoms with Crippen molar-refractivity contribution >= 4 is 44.1 Å². The molecule has 1 aromatic heterocycles. The molecule has 1 aliphatic rings. The predicted molar refractivity (Wildman–Crippen MR) is 196 cm³/mol. The third-order valence-corrected chi connectivity index (χ3v) is 10.4. The van der Waals surface area contributed by atoms with Crippen LogP contribution < -0.4 is 14.8 Å². The lowest BCUT2D eigenvalue weighted by Crippen LogP contribution is -2.48. The quantitative estimate of drug-likeness (QED) is 0.221. The first-order valence-corrected chi connectivity index (χ1v) is 18.7. The number of urea groups is 1. The zero-order chi connectivity index (χ0) is 36.7. The zero-order valence-corrected chi connectivity index (χ0v) is 30.6. The van der Waals surface area contributed by atoms with Gasteiger partial charge in [-0.2, -0.15) is 8.42 Å². The molecular weight excluding hydrogens is 673 g/mol. The van der Waals surface area contributed by atoms with Gasteiger partial charge in [-0.15, -0.1) is 0 Å². The molecule has 4 atom stereocenters. The van der Waals surface area contributed by atoms with Crippen LogP contribution in [0, 0.1) is 5.92 Å². The number of aromatic nitrogens is 2. The van der Waals surface area contributed by atoms with Gasteiger partial charge in [-0.1, -0.05) is 43.3 Å². The maximum absolute atomic E-state index is 14.4. The SMILES string of the molecule is C[C@@H]1CCCCO[C@@H](CN(C)C(=O)Nc2cccc3ccccc23)[C@H](C)CN([C@@H](C)CO)C(=O)c2cc(NS(=O)(=O)c3cn(C)cn3)ccc2O1. The van der Waals surface area contributed by atoms with E-state index in [1.165, 1.54) is 23.2 Å². The molecular formula is C37H48N6O7S. The first kappa shape index (κ1) is 37.6. The normalized spacial score (nSPS) is 19.8. The highest BCUT2D eigenvalue weighted by atomic mass is 32.2. The fourth-order valence-electron chi connectivity index (χ4n) is 6.08. The molecule has 51 heavy (non-hydrogen) atoms. The summed E-state index contributed by atoms with van der Waals surface area (Å²) in [6.45, 7) is 6.20. The molecule has 5 rings (SSSR count). The van der Waals surface area contributed by atoms with Gasteiger partial charge in [-0.3, -0.25) is 9.52 Å². The van der Waals surface area contributed by atoms with Crippen molar-refractivity contribution in [1.29, 1.82) is 0 Å². The molecule has 274 valence electrons. The molecule has 3 amide bonds. The molecule has 4 aromatic rings. The van der Waals surface area contributed by atoms with Crippen LogP contribution in [-0.2, 0) is 21.8 Å². The number of ether oxygens (including phenoxy) is 2. The molecule has 0 saturated heterocycles. The third kappa shape index (κ3) is 9.37. The van der Waals surface area contributed by atoms with E-state index in [-0.39, 0.29) is 54.0 Å². The lowest BCUT2D eigenvalue weighted by molar-refractivity contribution is -0.0115. The molecule has 0 unspecified atom stereocenters. The topological polar surface area (TPSA) is 155 Å². The number of rotatable bonds is 8. The molecule has 1 aliphatic heterocycles. The summed E-state index contributed by atoms with van der Waals surface area (Å²) in [4.78, 5) is 35.0. The van der Waals surface area contributed by atoms with E-state index in [2.05, 4.69) is 15.0 Å². The maximum atomic E-state index is 14.4. The highest BCUT2D eigenvalue weighted by Gasteiger charge is 2.31. The standard InChI is InChI=1S/C37H48N6O7S/c1-25-20-43(26(2)23-44)36(45)31-19-29(40-51(47,48)35-22-41(4)24-38-35)16-17-33(31)50-27(3)11-8-9-18-49-34(25)21-42(5)37(46)39-32-15-10-13-28-12-6-7-14-30(28)32/h6-7,10,12-17,19,22,24-27,34,40,44H,8-9,11,18,20-21,23H2,1-5H3,(H,39,46)/t25-,26+,27-,34+/m1/s1. The van der Waals surface area contributed by atoms with Crippen LogP contribution in [0.15, 0.2) is 78.2 Å². The monoisotopic (exact) mass is 720 g/mol. The number of imidazole rings is 1. The van der Waals surface area contributed by atoms with Gasteiger partial charge < -0.3 is 34.3 Å². The highest BCUT2D eigenvalue weighted by Crippen LogP contribution is 2.30. The van der Waals surface area contributed by atoms with Crippen molar-refractivity contribution in [1.82, 2.24) is 19.4 Å². The van der Waals surface area contributed by atoms with E-state index in [1.54, 1.807) is 43.0 Å². The number of carbonyl (C=O) groups excluding carboxylic acids is 2. The molecule has 0 aliphatic carbocycles. The van der Waals surface area contributed by atoms with Crippen molar-refractivity contribution in [3.8, 4) is 5.75 Å². The van der Waals surface area contributed by atoms with Gasteiger partial charge in [0.25, 0.3) is 15.9 Å². The number of aliphatic hydroxyl groups excluding tert-OH is 1. The van der Waals surface area contributed by atoms with Crippen LogP contribution >= 0.6 is 0 Å². The molecule has 13 nitrogen and oxygen atoms in total. The lowest BCUT2D eigenvalue weighted by atomic mass is 10.0. The molecule has 3 N–H and O–H groups in total. The third-order valence-electron chi connectivity index (χ3n) is 9.09. The molecule has 0 bridgehead atoms. The molecule has 0 spiro atoms. The Morgan fingerprint density at radius 1 is 1.12 bits per heavy atom. The van der Waals surface area contributed by atoms with Crippen LogP contribution in [0.1, 0.15) is 50.4 Å². The Balaban J connectivity index is 1.40. The van der Waals surface area contributed by atoms with E-state index < -0.39 is 28.1 Å². The van der Waals surface area contributed by atoms with Crippen molar-refractivity contribution in [2.75, 3.05) is 43.4 Å². The summed E-state index contributed by atoms with van der Waals surface area (Å²) >= 11 is 0. The smallest absolute Gasteiger partial charge is 0.321 e. The van der Waals surface area contributed by atoms with E-state index in [4.69, 9.17) is 9.47 Å². The van der Waals surface area contributed by atoms with Gasteiger partial charge >= 0.3 is 6.03 Å². The van der Waals surface area contributed by atoms with Crippen molar-refractivity contribution in [3.63, 3.8) is 0 Å². The van der Waals surface area contributed by atoms with E-state index in [9.17, 15) is 23.1 Å². The van der Waals surface area contributed by atoms with Crippen LogP contribution in [-0.4, -0.2) is 96.4 Å². The minimum Gasteiger partial charge on any atom is -0.490 e. The molecule has 3 aromatic carbocycles. The van der Waals surface area contributed by atoms with E-state index in [0.717, 1.165) is 23.6 Å². The van der Waals surface area contributed by atoms with Crippen LogP contribution in [0.4, 0.5) is 16.2 Å². The van der Waals surface area contributed by atoms with E-state index in [1.807, 2.05) is 56.3 Å². The zero-order valence-electron chi connectivity index (χ0n) is 29.8. The minimum absolute atomic E-state index is 0.150. The second-order valence-electron chi connectivity index (χ2n) is 13.3. The summed E-state index contributed by atoms with van der Waals surface area (Å²) in [7, 11) is -0.657. The van der Waals surface area contributed by atoms with Gasteiger partial charge in [0.15, 0.2) is 5.03 Å². The van der Waals surface area contributed by atoms with Gasteiger partial charge in [0.05, 0.1) is 42.4 Å². The highest BCUT2D eigenvalue weighted by molar-refractivity contribution is 7.92. The van der Waals surface area contributed by atoms with Crippen molar-refractivity contribution in [2.24, 2.45) is 13.0 Å².